The third-order valence-corrected chi connectivity index (χ3v) is 3.69. The van der Waals surface area contributed by atoms with Crippen LogP contribution in [0.5, 0.6) is 0 Å². The van der Waals surface area contributed by atoms with Crippen molar-refractivity contribution in [3.05, 3.63) is 0 Å². The van der Waals surface area contributed by atoms with Crippen LogP contribution >= 0.6 is 0 Å². The average Bonchev–Trinajstić information content (AvgIpc) is 2.26. The molecule has 2 heteroatoms. The van der Waals surface area contributed by atoms with Crippen LogP contribution in [0.2, 0.25) is 0 Å². The molecule has 1 N–H and O–H groups in total. The van der Waals surface area contributed by atoms with E-state index in [9.17, 15) is 0 Å². The molecule has 1 rings (SSSR count). The van der Waals surface area contributed by atoms with E-state index >= 15 is 0 Å². The minimum atomic E-state index is 0.747. The van der Waals surface area contributed by atoms with Gasteiger partial charge in [-0.2, -0.15) is 0 Å². The van der Waals surface area contributed by atoms with Crippen molar-refractivity contribution in [2.75, 3.05) is 26.7 Å². The molecule has 0 aromatic rings. The molecule has 1 aliphatic rings. The van der Waals surface area contributed by atoms with Crippen molar-refractivity contribution in [1.82, 2.24) is 10.2 Å². The van der Waals surface area contributed by atoms with E-state index in [1.165, 1.54) is 45.3 Å². The summed E-state index contributed by atoms with van der Waals surface area (Å²) < 4.78 is 0. The lowest BCUT2D eigenvalue weighted by molar-refractivity contribution is 0.220. The van der Waals surface area contributed by atoms with Gasteiger partial charge >= 0.3 is 0 Å². The monoisotopic (exact) mass is 198 g/mol. The Balaban J connectivity index is 2.12. The fourth-order valence-corrected chi connectivity index (χ4v) is 2.09. The van der Waals surface area contributed by atoms with Crippen LogP contribution in [0.1, 0.15) is 39.5 Å². The van der Waals surface area contributed by atoms with Crippen LogP contribution in [0.15, 0.2) is 0 Å². The highest BCUT2D eigenvalue weighted by atomic mass is 15.1. The predicted molar refractivity (Wildman–Crippen MR) is 62.6 cm³/mol. The minimum Gasteiger partial charge on any atom is -0.317 e. The predicted octanol–water partition coefficient (Wildman–Crippen LogP) is 2.11. The number of nitrogens with one attached hydrogen (secondary N) is 1. The Morgan fingerprint density at radius 3 is 2.57 bits per heavy atom. The molecule has 0 saturated carbocycles. The van der Waals surface area contributed by atoms with E-state index in [0.717, 1.165) is 12.0 Å². The first-order valence-electron chi connectivity index (χ1n) is 6.15. The first kappa shape index (κ1) is 12.0. The summed E-state index contributed by atoms with van der Waals surface area (Å²) in [5.74, 6) is 0.975. The number of nitrogens with zero attached hydrogens (tertiary/aromatic N) is 1. The summed E-state index contributed by atoms with van der Waals surface area (Å²) in [4.78, 5) is 2.50. The summed E-state index contributed by atoms with van der Waals surface area (Å²) >= 11 is 0. The first-order valence-corrected chi connectivity index (χ1v) is 6.15. The molecule has 1 atom stereocenters. The lowest BCUT2D eigenvalue weighted by Gasteiger charge is -2.28. The summed E-state index contributed by atoms with van der Waals surface area (Å²) in [6, 6.07) is 0.747. The molecule has 1 unspecified atom stereocenters. The summed E-state index contributed by atoms with van der Waals surface area (Å²) in [5.41, 5.74) is 0. The molecule has 1 heterocycles. The number of piperidine rings is 1. The Labute approximate surface area is 89.1 Å². The van der Waals surface area contributed by atoms with E-state index in [-0.39, 0.29) is 0 Å². The zero-order valence-electron chi connectivity index (χ0n) is 10.1. The molecule has 0 radical (unpaired) electrons. The van der Waals surface area contributed by atoms with Crippen LogP contribution in [0.4, 0.5) is 0 Å². The van der Waals surface area contributed by atoms with Crippen molar-refractivity contribution in [3.63, 3.8) is 0 Å². The third kappa shape index (κ3) is 3.97. The molecule has 14 heavy (non-hydrogen) atoms. The fourth-order valence-electron chi connectivity index (χ4n) is 2.09. The smallest absolute Gasteiger partial charge is 0.00612 e. The number of rotatable bonds is 5. The molecule has 1 aliphatic heterocycles. The topological polar surface area (TPSA) is 15.3 Å². The van der Waals surface area contributed by atoms with Gasteiger partial charge in [0.15, 0.2) is 0 Å². The summed E-state index contributed by atoms with van der Waals surface area (Å²) in [6.07, 6.45) is 5.42. The third-order valence-electron chi connectivity index (χ3n) is 3.69. The van der Waals surface area contributed by atoms with E-state index in [1.54, 1.807) is 0 Å². The van der Waals surface area contributed by atoms with Crippen LogP contribution in [-0.4, -0.2) is 37.6 Å². The van der Waals surface area contributed by atoms with Crippen LogP contribution < -0.4 is 5.32 Å². The average molecular weight is 198 g/mol. The van der Waals surface area contributed by atoms with Gasteiger partial charge in [-0.25, -0.2) is 0 Å². The van der Waals surface area contributed by atoms with Gasteiger partial charge in [0, 0.05) is 6.04 Å². The lowest BCUT2D eigenvalue weighted by atomic mass is 9.94. The molecule has 0 aliphatic carbocycles. The van der Waals surface area contributed by atoms with Gasteiger partial charge in [-0.05, 0) is 65.2 Å². The lowest BCUT2D eigenvalue weighted by Crippen LogP contribution is -2.33. The highest BCUT2D eigenvalue weighted by Crippen LogP contribution is 2.16. The first-order chi connectivity index (χ1) is 6.74. The molecule has 0 aromatic carbocycles. The maximum Gasteiger partial charge on any atom is 0.00612 e. The second-order valence-corrected chi connectivity index (χ2v) is 4.72. The molecule has 0 aromatic heterocycles. The van der Waals surface area contributed by atoms with Gasteiger partial charge in [-0.15, -0.1) is 0 Å². The van der Waals surface area contributed by atoms with Crippen LogP contribution in [0.3, 0.4) is 0 Å². The molecule has 2 nitrogen and oxygen atoms in total. The minimum absolute atomic E-state index is 0.747. The Bertz CT molecular complexity index is 139. The molecular weight excluding hydrogens is 172 g/mol. The van der Waals surface area contributed by atoms with Crippen molar-refractivity contribution < 1.29 is 0 Å². The van der Waals surface area contributed by atoms with E-state index in [1.807, 2.05) is 0 Å². The SMILES string of the molecule is CCC(C)N(C)CCC1CCNCC1. The molecule has 1 saturated heterocycles. The Morgan fingerprint density at radius 2 is 2.00 bits per heavy atom. The van der Waals surface area contributed by atoms with Crippen LogP contribution in [-0.2, 0) is 0 Å². The van der Waals surface area contributed by atoms with Gasteiger partial charge in [0.2, 0.25) is 0 Å². The molecular formula is C12H26N2. The van der Waals surface area contributed by atoms with Crippen LogP contribution in [0.25, 0.3) is 0 Å². The van der Waals surface area contributed by atoms with Gasteiger partial charge in [0.05, 0.1) is 0 Å². The van der Waals surface area contributed by atoms with E-state index < -0.39 is 0 Å². The van der Waals surface area contributed by atoms with E-state index in [0.29, 0.717) is 0 Å². The van der Waals surface area contributed by atoms with Gasteiger partial charge in [-0.3, -0.25) is 0 Å². The second-order valence-electron chi connectivity index (χ2n) is 4.72. The van der Waals surface area contributed by atoms with Gasteiger partial charge in [0.1, 0.15) is 0 Å². The zero-order valence-corrected chi connectivity index (χ0v) is 10.1. The summed E-state index contributed by atoms with van der Waals surface area (Å²) in [7, 11) is 2.26. The van der Waals surface area contributed by atoms with E-state index in [4.69, 9.17) is 0 Å². The van der Waals surface area contributed by atoms with Gasteiger partial charge in [0.25, 0.3) is 0 Å². The molecule has 1 fully saturated rings. The van der Waals surface area contributed by atoms with Crippen molar-refractivity contribution in [2.24, 2.45) is 5.92 Å². The fraction of sp³-hybridized carbons (Fsp3) is 1.00. The number of hydrogen-bond acceptors (Lipinski definition) is 2. The molecule has 0 amide bonds. The highest BCUT2D eigenvalue weighted by Gasteiger charge is 2.14. The highest BCUT2D eigenvalue weighted by molar-refractivity contribution is 4.70. The maximum absolute atomic E-state index is 3.42. The van der Waals surface area contributed by atoms with Crippen molar-refractivity contribution in [1.29, 1.82) is 0 Å². The Hall–Kier alpha value is -0.0800. The Kier molecular flexibility index (Phi) is 5.49. The van der Waals surface area contributed by atoms with E-state index in [2.05, 4.69) is 31.1 Å². The Morgan fingerprint density at radius 1 is 1.36 bits per heavy atom. The normalized spacial score (nSPS) is 21.4. The quantitative estimate of drug-likeness (QED) is 0.728. The van der Waals surface area contributed by atoms with Gasteiger partial charge in [-0.1, -0.05) is 6.92 Å². The zero-order chi connectivity index (χ0) is 10.4. The molecule has 0 bridgehead atoms. The largest absolute Gasteiger partial charge is 0.317 e. The van der Waals surface area contributed by atoms with Crippen LogP contribution in [0, 0.1) is 5.92 Å². The van der Waals surface area contributed by atoms with Crippen molar-refractivity contribution >= 4 is 0 Å². The maximum atomic E-state index is 3.42. The number of hydrogen-bond donors (Lipinski definition) is 1. The molecule has 0 spiro atoms. The molecule has 84 valence electrons. The second kappa shape index (κ2) is 6.41. The summed E-state index contributed by atoms with van der Waals surface area (Å²) in [6.45, 7) is 8.34. The van der Waals surface area contributed by atoms with Crippen molar-refractivity contribution in [2.45, 2.75) is 45.6 Å². The van der Waals surface area contributed by atoms with Crippen molar-refractivity contribution in [3.8, 4) is 0 Å². The summed E-state index contributed by atoms with van der Waals surface area (Å²) in [5, 5.41) is 3.42. The standard InChI is InChI=1S/C12H26N2/c1-4-11(2)14(3)10-7-12-5-8-13-9-6-12/h11-13H,4-10H2,1-3H3. The van der Waals surface area contributed by atoms with Gasteiger partial charge < -0.3 is 10.2 Å².